The highest BCUT2D eigenvalue weighted by molar-refractivity contribution is 8.27. The SMILES string of the molecule is Cc1ccc(C)n1N1C(=O)/C(=C/c2ccc(SCCO)c([N+](=O)[O-])c2)SC1=S. The van der Waals surface area contributed by atoms with Gasteiger partial charge in [0.15, 0.2) is 4.32 Å². The summed E-state index contributed by atoms with van der Waals surface area (Å²) in [6.45, 7) is 3.72. The Labute approximate surface area is 175 Å². The molecule has 0 spiro atoms. The minimum atomic E-state index is -0.463. The predicted molar refractivity (Wildman–Crippen MR) is 116 cm³/mol. The van der Waals surface area contributed by atoms with Gasteiger partial charge < -0.3 is 5.11 Å². The van der Waals surface area contributed by atoms with E-state index in [-0.39, 0.29) is 18.2 Å². The van der Waals surface area contributed by atoms with Crippen LogP contribution in [0.25, 0.3) is 6.08 Å². The number of aliphatic hydroxyl groups is 1. The molecule has 1 aromatic heterocycles. The van der Waals surface area contributed by atoms with Crippen molar-refractivity contribution in [1.29, 1.82) is 0 Å². The number of benzene rings is 1. The molecule has 1 aliphatic heterocycles. The van der Waals surface area contributed by atoms with Gasteiger partial charge in [0.05, 0.1) is 21.3 Å². The largest absolute Gasteiger partial charge is 0.396 e. The number of nitrogens with zero attached hydrogens (tertiary/aromatic N) is 3. The van der Waals surface area contributed by atoms with Crippen LogP contribution in [-0.2, 0) is 4.79 Å². The lowest BCUT2D eigenvalue weighted by Gasteiger charge is -2.20. The topological polar surface area (TPSA) is 88.6 Å². The molecule has 2 aromatic rings. The van der Waals surface area contributed by atoms with Crippen molar-refractivity contribution in [2.45, 2.75) is 18.7 Å². The number of carbonyl (C=O) groups excluding carboxylic acids is 1. The van der Waals surface area contributed by atoms with E-state index >= 15 is 0 Å². The highest BCUT2D eigenvalue weighted by atomic mass is 32.2. The molecule has 7 nitrogen and oxygen atoms in total. The number of thiocarbonyl (C=S) groups is 1. The zero-order valence-corrected chi connectivity index (χ0v) is 17.6. The Balaban J connectivity index is 1.94. The molecule has 0 aliphatic carbocycles. The summed E-state index contributed by atoms with van der Waals surface area (Å²) in [5, 5.41) is 21.8. The monoisotopic (exact) mass is 435 g/mol. The Hall–Kier alpha value is -2.14. The maximum Gasteiger partial charge on any atom is 0.285 e. The Morgan fingerprint density at radius 1 is 1.29 bits per heavy atom. The van der Waals surface area contributed by atoms with Gasteiger partial charge in [-0.2, -0.15) is 5.01 Å². The molecule has 0 atom stereocenters. The van der Waals surface area contributed by atoms with Crippen LogP contribution >= 0.6 is 35.7 Å². The van der Waals surface area contributed by atoms with E-state index in [0.29, 0.717) is 25.4 Å². The number of carbonyl (C=O) groups is 1. The zero-order valence-electron chi connectivity index (χ0n) is 15.1. The summed E-state index contributed by atoms with van der Waals surface area (Å²) < 4.78 is 2.17. The van der Waals surface area contributed by atoms with Crippen molar-refractivity contribution in [3.63, 3.8) is 0 Å². The summed E-state index contributed by atoms with van der Waals surface area (Å²) in [6.07, 6.45) is 1.61. The molecule has 1 N–H and O–H groups in total. The van der Waals surface area contributed by atoms with E-state index in [2.05, 4.69) is 0 Å². The molecule has 3 rings (SSSR count). The summed E-state index contributed by atoms with van der Waals surface area (Å²) >= 11 is 7.76. The lowest BCUT2D eigenvalue weighted by Crippen LogP contribution is -2.39. The number of nitro groups is 1. The smallest absolute Gasteiger partial charge is 0.285 e. The molecule has 0 saturated carbocycles. The normalized spacial score (nSPS) is 15.7. The molecule has 1 aliphatic rings. The summed E-state index contributed by atoms with van der Waals surface area (Å²) in [5.41, 5.74) is 2.26. The quantitative estimate of drug-likeness (QED) is 0.244. The summed E-state index contributed by atoms with van der Waals surface area (Å²) in [7, 11) is 0. The number of hydrogen-bond acceptors (Lipinski definition) is 7. The van der Waals surface area contributed by atoms with Crippen molar-refractivity contribution in [3.8, 4) is 0 Å². The Morgan fingerprint density at radius 2 is 1.96 bits per heavy atom. The lowest BCUT2D eigenvalue weighted by molar-refractivity contribution is -0.387. The third-order valence-corrected chi connectivity index (χ3v) is 6.36. The average molecular weight is 436 g/mol. The third-order valence-electron chi connectivity index (χ3n) is 4.03. The van der Waals surface area contributed by atoms with Crippen molar-refractivity contribution >= 4 is 57.7 Å². The molecule has 0 bridgehead atoms. The molecular weight excluding hydrogens is 418 g/mol. The van der Waals surface area contributed by atoms with Crippen molar-refractivity contribution < 1.29 is 14.8 Å². The molecule has 1 saturated heterocycles. The van der Waals surface area contributed by atoms with Gasteiger partial charge in [0.25, 0.3) is 11.6 Å². The number of aromatic nitrogens is 1. The Bertz CT molecular complexity index is 980. The van der Waals surface area contributed by atoms with Crippen LogP contribution in [0.5, 0.6) is 0 Å². The standard InChI is InChI=1S/C18H17N3O4S3/c1-11-3-4-12(2)19(11)20-17(23)16(28-18(20)26)10-13-5-6-15(27-8-7-22)14(9-13)21(24)25/h3-6,9-10,22H,7-8H2,1-2H3/b16-10-. The summed E-state index contributed by atoms with van der Waals surface area (Å²) in [6, 6.07) is 8.59. The first-order valence-electron chi connectivity index (χ1n) is 8.28. The second-order valence-corrected chi connectivity index (χ2v) is 8.79. The summed E-state index contributed by atoms with van der Waals surface area (Å²) in [4.78, 5) is 24.7. The second-order valence-electron chi connectivity index (χ2n) is 5.98. The molecule has 2 heterocycles. The number of thioether (sulfide) groups is 2. The number of aliphatic hydroxyl groups excluding tert-OH is 1. The summed E-state index contributed by atoms with van der Waals surface area (Å²) in [5.74, 6) is 0.104. The van der Waals surface area contributed by atoms with E-state index in [1.54, 1.807) is 22.9 Å². The van der Waals surface area contributed by atoms with Gasteiger partial charge in [-0.15, -0.1) is 11.8 Å². The third kappa shape index (κ3) is 4.00. The zero-order chi connectivity index (χ0) is 20.4. The van der Waals surface area contributed by atoms with Crippen LogP contribution in [0.1, 0.15) is 17.0 Å². The highest BCUT2D eigenvalue weighted by Gasteiger charge is 2.34. The average Bonchev–Trinajstić information content (AvgIpc) is 3.11. The van der Waals surface area contributed by atoms with E-state index in [1.807, 2.05) is 26.0 Å². The lowest BCUT2D eigenvalue weighted by atomic mass is 10.2. The van der Waals surface area contributed by atoms with Gasteiger partial charge in [-0.05, 0) is 55.9 Å². The van der Waals surface area contributed by atoms with Crippen LogP contribution in [0.15, 0.2) is 40.1 Å². The van der Waals surface area contributed by atoms with E-state index in [9.17, 15) is 14.9 Å². The first-order chi connectivity index (χ1) is 13.3. The van der Waals surface area contributed by atoms with Crippen molar-refractivity contribution in [3.05, 3.63) is 62.3 Å². The van der Waals surface area contributed by atoms with E-state index in [4.69, 9.17) is 17.3 Å². The van der Waals surface area contributed by atoms with Crippen molar-refractivity contribution in [1.82, 2.24) is 4.68 Å². The minimum absolute atomic E-state index is 0.0558. The van der Waals surface area contributed by atoms with Gasteiger partial charge in [0.2, 0.25) is 0 Å². The molecule has 1 amide bonds. The molecule has 146 valence electrons. The Kier molecular flexibility index (Phi) is 6.23. The van der Waals surface area contributed by atoms with Crippen LogP contribution in [0.2, 0.25) is 0 Å². The number of aryl methyl sites for hydroxylation is 2. The number of hydrogen-bond donors (Lipinski definition) is 1. The van der Waals surface area contributed by atoms with Crippen LogP contribution in [0, 0.1) is 24.0 Å². The number of rotatable bonds is 6. The van der Waals surface area contributed by atoms with Crippen LogP contribution < -0.4 is 5.01 Å². The molecular formula is C18H17N3O4S3. The minimum Gasteiger partial charge on any atom is -0.396 e. The maximum absolute atomic E-state index is 12.9. The number of nitro benzene ring substituents is 1. The fourth-order valence-corrected chi connectivity index (χ4v) is 4.80. The molecule has 28 heavy (non-hydrogen) atoms. The Morgan fingerprint density at radius 3 is 2.57 bits per heavy atom. The van der Waals surface area contributed by atoms with E-state index in [1.165, 1.54) is 22.8 Å². The molecule has 1 fully saturated rings. The van der Waals surface area contributed by atoms with Gasteiger partial charge in [-0.1, -0.05) is 17.8 Å². The molecule has 0 unspecified atom stereocenters. The van der Waals surface area contributed by atoms with Crippen molar-refractivity contribution in [2.24, 2.45) is 0 Å². The van der Waals surface area contributed by atoms with Crippen LogP contribution in [0.4, 0.5) is 5.69 Å². The second kappa shape index (κ2) is 8.48. The van der Waals surface area contributed by atoms with Gasteiger partial charge in [-0.3, -0.25) is 19.6 Å². The fraction of sp³-hybridized carbons (Fsp3) is 0.222. The molecule has 1 aromatic carbocycles. The van der Waals surface area contributed by atoms with Gasteiger partial charge in [0.1, 0.15) is 0 Å². The van der Waals surface area contributed by atoms with Crippen LogP contribution in [0.3, 0.4) is 0 Å². The first-order valence-corrected chi connectivity index (χ1v) is 10.5. The predicted octanol–water partition coefficient (Wildman–Crippen LogP) is 3.63. The van der Waals surface area contributed by atoms with Gasteiger partial charge >= 0.3 is 0 Å². The van der Waals surface area contributed by atoms with Crippen LogP contribution in [-0.4, -0.2) is 37.3 Å². The van der Waals surface area contributed by atoms with Crippen molar-refractivity contribution in [2.75, 3.05) is 17.4 Å². The highest BCUT2D eigenvalue weighted by Crippen LogP contribution is 2.35. The fourth-order valence-electron chi connectivity index (χ4n) is 2.80. The molecule has 10 heteroatoms. The van der Waals surface area contributed by atoms with Gasteiger partial charge in [0, 0.05) is 23.2 Å². The first kappa shape index (κ1) is 20.6. The number of amides is 1. The van der Waals surface area contributed by atoms with Gasteiger partial charge in [-0.25, -0.2) is 0 Å². The van der Waals surface area contributed by atoms with E-state index < -0.39 is 4.92 Å². The molecule has 0 radical (unpaired) electrons. The maximum atomic E-state index is 12.9. The van der Waals surface area contributed by atoms with E-state index in [0.717, 1.165) is 23.1 Å².